The molecule has 0 unspecified atom stereocenters. The van der Waals surface area contributed by atoms with Crippen molar-refractivity contribution >= 4 is 12.0 Å². The number of hydrogen-bond donors (Lipinski definition) is 2. The zero-order valence-electron chi connectivity index (χ0n) is 12.0. The first-order chi connectivity index (χ1) is 9.61. The van der Waals surface area contributed by atoms with E-state index in [9.17, 15) is 14.7 Å². The molecule has 0 aromatic carbocycles. The number of nitrogens with one attached hydrogen (secondary N) is 1. The fourth-order valence-electron chi connectivity index (χ4n) is 2.97. The lowest BCUT2D eigenvalue weighted by Crippen LogP contribution is -2.56. The van der Waals surface area contributed by atoms with Crippen LogP contribution < -0.4 is 5.32 Å². The monoisotopic (exact) mass is 284 g/mol. The molecule has 0 aromatic heterocycles. The van der Waals surface area contributed by atoms with Gasteiger partial charge in [0.15, 0.2) is 6.10 Å². The van der Waals surface area contributed by atoms with Crippen molar-refractivity contribution in [1.29, 1.82) is 0 Å². The van der Waals surface area contributed by atoms with Crippen LogP contribution in [0.1, 0.15) is 45.4 Å². The minimum atomic E-state index is -0.976. The summed E-state index contributed by atoms with van der Waals surface area (Å²) in [6.45, 7) is 2.35. The Labute approximate surface area is 119 Å². The normalized spacial score (nSPS) is 28.1. The maximum Gasteiger partial charge on any atom is 0.407 e. The number of carbonyl (C=O) groups is 2. The van der Waals surface area contributed by atoms with Crippen LogP contribution in [-0.4, -0.2) is 53.3 Å². The van der Waals surface area contributed by atoms with Gasteiger partial charge in [0.05, 0.1) is 19.2 Å². The molecule has 0 spiro atoms. The smallest absolute Gasteiger partial charge is 0.407 e. The summed E-state index contributed by atoms with van der Waals surface area (Å²) in [5, 5.41) is 12.2. The van der Waals surface area contributed by atoms with Gasteiger partial charge in [0, 0.05) is 6.04 Å². The van der Waals surface area contributed by atoms with E-state index in [1.165, 1.54) is 11.3 Å². The number of carbonyl (C=O) groups excluding carboxylic acids is 1. The Bertz CT molecular complexity index is 355. The lowest BCUT2D eigenvalue weighted by atomic mass is 9.95. The second kappa shape index (κ2) is 6.92. The summed E-state index contributed by atoms with van der Waals surface area (Å²) >= 11 is 0. The van der Waals surface area contributed by atoms with Crippen molar-refractivity contribution in [2.45, 2.75) is 63.6 Å². The summed E-state index contributed by atoms with van der Waals surface area (Å²) in [6, 6.07) is 0.0771. The number of carboxylic acid groups (broad SMARTS) is 1. The SMILES string of the molecule is CC[C@@H]1CO[C@H](C(=O)NC2CCCCC2)CN1C(=O)O. The standard InChI is InChI=1S/C14H24N2O4/c1-2-11-9-20-12(8-16(11)14(18)19)13(17)15-10-6-4-3-5-7-10/h10-12H,2-9H2,1H3,(H,15,17)(H,18,19)/t11-,12+/m1/s1. The van der Waals surface area contributed by atoms with Crippen molar-refractivity contribution in [1.82, 2.24) is 10.2 Å². The quantitative estimate of drug-likeness (QED) is 0.825. The molecular formula is C14H24N2O4. The zero-order valence-corrected chi connectivity index (χ0v) is 12.0. The van der Waals surface area contributed by atoms with Crippen molar-refractivity contribution in [3.8, 4) is 0 Å². The molecular weight excluding hydrogens is 260 g/mol. The van der Waals surface area contributed by atoms with E-state index in [1.54, 1.807) is 0 Å². The molecule has 1 heterocycles. The molecule has 1 aliphatic carbocycles. The third-order valence-corrected chi connectivity index (χ3v) is 4.25. The summed E-state index contributed by atoms with van der Waals surface area (Å²) in [5.74, 6) is -0.169. The van der Waals surface area contributed by atoms with Crippen LogP contribution in [0.5, 0.6) is 0 Å². The van der Waals surface area contributed by atoms with Crippen molar-refractivity contribution in [2.75, 3.05) is 13.2 Å². The topological polar surface area (TPSA) is 78.9 Å². The van der Waals surface area contributed by atoms with Gasteiger partial charge in [-0.2, -0.15) is 0 Å². The number of ether oxygens (including phenoxy) is 1. The second-order valence-corrected chi connectivity index (χ2v) is 5.66. The van der Waals surface area contributed by atoms with Crippen LogP contribution in [0.4, 0.5) is 4.79 Å². The third kappa shape index (κ3) is 3.62. The number of morpholine rings is 1. The minimum absolute atomic E-state index is 0.131. The largest absolute Gasteiger partial charge is 0.465 e. The number of amides is 2. The van der Waals surface area contributed by atoms with Gasteiger partial charge in [-0.25, -0.2) is 4.79 Å². The van der Waals surface area contributed by atoms with Gasteiger partial charge in [0.2, 0.25) is 0 Å². The minimum Gasteiger partial charge on any atom is -0.465 e. The van der Waals surface area contributed by atoms with E-state index in [0.29, 0.717) is 13.0 Å². The molecule has 20 heavy (non-hydrogen) atoms. The molecule has 6 nitrogen and oxygen atoms in total. The molecule has 2 atom stereocenters. The molecule has 2 rings (SSSR count). The van der Waals surface area contributed by atoms with Gasteiger partial charge in [-0.3, -0.25) is 9.69 Å². The average molecular weight is 284 g/mol. The van der Waals surface area contributed by atoms with Crippen LogP contribution in [0.25, 0.3) is 0 Å². The van der Waals surface area contributed by atoms with Crippen LogP contribution in [0.2, 0.25) is 0 Å². The van der Waals surface area contributed by atoms with Crippen LogP contribution in [0, 0.1) is 0 Å². The Morgan fingerprint density at radius 3 is 2.60 bits per heavy atom. The van der Waals surface area contributed by atoms with E-state index >= 15 is 0 Å². The highest BCUT2D eigenvalue weighted by atomic mass is 16.5. The fraction of sp³-hybridized carbons (Fsp3) is 0.857. The summed E-state index contributed by atoms with van der Waals surface area (Å²) < 4.78 is 5.55. The molecule has 2 N–H and O–H groups in total. The lowest BCUT2D eigenvalue weighted by molar-refractivity contribution is -0.141. The molecule has 0 aromatic rings. The summed E-state index contributed by atoms with van der Waals surface area (Å²) in [6.07, 6.45) is 4.61. The van der Waals surface area contributed by atoms with Gasteiger partial charge in [-0.05, 0) is 19.3 Å². The molecule has 114 valence electrons. The molecule has 2 amide bonds. The molecule has 0 radical (unpaired) electrons. The zero-order chi connectivity index (χ0) is 14.5. The first kappa shape index (κ1) is 15.1. The Morgan fingerprint density at radius 2 is 2.00 bits per heavy atom. The maximum absolute atomic E-state index is 12.2. The van der Waals surface area contributed by atoms with Gasteiger partial charge in [0.1, 0.15) is 0 Å². The van der Waals surface area contributed by atoms with E-state index in [2.05, 4.69) is 5.32 Å². The van der Waals surface area contributed by atoms with Gasteiger partial charge in [-0.1, -0.05) is 26.2 Å². The first-order valence-electron chi connectivity index (χ1n) is 7.53. The van der Waals surface area contributed by atoms with Crippen LogP contribution >= 0.6 is 0 Å². The highest BCUT2D eigenvalue weighted by Gasteiger charge is 2.35. The predicted molar refractivity (Wildman–Crippen MR) is 73.6 cm³/mol. The molecule has 1 saturated carbocycles. The van der Waals surface area contributed by atoms with Crippen molar-refractivity contribution < 1.29 is 19.4 Å². The Morgan fingerprint density at radius 1 is 1.30 bits per heavy atom. The van der Waals surface area contributed by atoms with Gasteiger partial charge >= 0.3 is 6.09 Å². The van der Waals surface area contributed by atoms with Gasteiger partial charge in [-0.15, -0.1) is 0 Å². The van der Waals surface area contributed by atoms with Crippen molar-refractivity contribution in [2.24, 2.45) is 0 Å². The Hall–Kier alpha value is -1.30. The Kier molecular flexibility index (Phi) is 5.23. The van der Waals surface area contributed by atoms with Crippen molar-refractivity contribution in [3.05, 3.63) is 0 Å². The maximum atomic E-state index is 12.2. The lowest BCUT2D eigenvalue weighted by Gasteiger charge is -2.37. The van der Waals surface area contributed by atoms with E-state index in [4.69, 9.17) is 4.74 Å². The summed E-state index contributed by atoms with van der Waals surface area (Å²) in [5.41, 5.74) is 0. The Balaban J connectivity index is 1.88. The molecule has 6 heteroatoms. The third-order valence-electron chi connectivity index (χ3n) is 4.25. The molecule has 1 aliphatic heterocycles. The highest BCUT2D eigenvalue weighted by molar-refractivity contribution is 5.82. The van der Waals surface area contributed by atoms with E-state index < -0.39 is 12.2 Å². The molecule has 2 fully saturated rings. The van der Waals surface area contributed by atoms with Crippen LogP contribution in [-0.2, 0) is 9.53 Å². The number of rotatable bonds is 3. The van der Waals surface area contributed by atoms with Crippen LogP contribution in [0.3, 0.4) is 0 Å². The first-order valence-corrected chi connectivity index (χ1v) is 7.53. The predicted octanol–water partition coefficient (Wildman–Crippen LogP) is 1.59. The molecule has 1 saturated heterocycles. The van der Waals surface area contributed by atoms with Crippen molar-refractivity contribution in [3.63, 3.8) is 0 Å². The average Bonchev–Trinajstić information content (AvgIpc) is 2.47. The van der Waals surface area contributed by atoms with Gasteiger partial charge < -0.3 is 15.2 Å². The number of hydrogen-bond acceptors (Lipinski definition) is 3. The molecule has 0 bridgehead atoms. The van der Waals surface area contributed by atoms with E-state index in [0.717, 1.165) is 25.7 Å². The summed E-state index contributed by atoms with van der Waals surface area (Å²) in [7, 11) is 0. The van der Waals surface area contributed by atoms with Crippen LogP contribution in [0.15, 0.2) is 0 Å². The van der Waals surface area contributed by atoms with Gasteiger partial charge in [0.25, 0.3) is 5.91 Å². The second-order valence-electron chi connectivity index (χ2n) is 5.66. The number of nitrogens with zero attached hydrogens (tertiary/aromatic N) is 1. The molecule has 2 aliphatic rings. The highest BCUT2D eigenvalue weighted by Crippen LogP contribution is 2.19. The summed E-state index contributed by atoms with van der Waals surface area (Å²) in [4.78, 5) is 24.7. The fourth-order valence-corrected chi connectivity index (χ4v) is 2.97. The van der Waals surface area contributed by atoms with E-state index in [-0.39, 0.29) is 24.5 Å². The van der Waals surface area contributed by atoms with E-state index in [1.807, 2.05) is 6.92 Å².